The topological polar surface area (TPSA) is 82.8 Å². The minimum absolute atomic E-state index is 0.259. The molecule has 4 rings (SSSR count). The standard InChI is InChI=1S/C23H22ClN5O2/c1-3-23(22(30)31-4-2,13-16-9-7-8-12-25-16)21-26-14-17(24)20(28-21)29-15-27-18-10-5-6-11-19(18)29/h5-12,14-15H,3-4,13H2,1-2H3. The van der Waals surface area contributed by atoms with Crippen LogP contribution in [0.3, 0.4) is 0 Å². The van der Waals surface area contributed by atoms with Gasteiger partial charge in [0.1, 0.15) is 22.6 Å². The molecule has 0 amide bonds. The maximum atomic E-state index is 13.2. The average molecular weight is 436 g/mol. The van der Waals surface area contributed by atoms with Gasteiger partial charge in [0.15, 0.2) is 5.82 Å². The summed E-state index contributed by atoms with van der Waals surface area (Å²) in [6.45, 7) is 3.96. The highest BCUT2D eigenvalue weighted by Gasteiger charge is 2.44. The van der Waals surface area contributed by atoms with E-state index in [4.69, 9.17) is 21.3 Å². The molecule has 0 aliphatic carbocycles. The van der Waals surface area contributed by atoms with Crippen molar-refractivity contribution in [2.45, 2.75) is 32.1 Å². The second-order valence-electron chi connectivity index (χ2n) is 7.12. The fourth-order valence-electron chi connectivity index (χ4n) is 3.64. The quantitative estimate of drug-likeness (QED) is 0.402. The Kier molecular flexibility index (Phi) is 5.95. The molecule has 4 aromatic rings. The van der Waals surface area contributed by atoms with Crippen LogP contribution in [-0.2, 0) is 21.4 Å². The molecule has 0 N–H and O–H groups in total. The number of rotatable bonds is 7. The van der Waals surface area contributed by atoms with Crippen LogP contribution in [0.25, 0.3) is 16.9 Å². The van der Waals surface area contributed by atoms with Gasteiger partial charge < -0.3 is 4.74 Å². The van der Waals surface area contributed by atoms with Gasteiger partial charge in [0.2, 0.25) is 0 Å². The summed E-state index contributed by atoms with van der Waals surface area (Å²) >= 11 is 6.48. The molecule has 7 nitrogen and oxygen atoms in total. The number of carbonyl (C=O) groups excluding carboxylic acids is 1. The molecule has 0 spiro atoms. The summed E-state index contributed by atoms with van der Waals surface area (Å²) in [7, 11) is 0. The van der Waals surface area contributed by atoms with Crippen molar-refractivity contribution in [3.8, 4) is 5.82 Å². The number of carbonyl (C=O) groups is 1. The third-order valence-electron chi connectivity index (χ3n) is 5.31. The van der Waals surface area contributed by atoms with Crippen LogP contribution in [-0.4, -0.2) is 37.1 Å². The minimum Gasteiger partial charge on any atom is -0.465 e. The number of nitrogens with zero attached hydrogens (tertiary/aromatic N) is 5. The Labute approximate surface area is 185 Å². The van der Waals surface area contributed by atoms with Gasteiger partial charge in [0, 0.05) is 18.3 Å². The molecule has 3 heterocycles. The van der Waals surface area contributed by atoms with Crippen LogP contribution in [0.1, 0.15) is 31.8 Å². The highest BCUT2D eigenvalue weighted by atomic mass is 35.5. The Bertz CT molecular complexity index is 1210. The highest BCUT2D eigenvalue weighted by molar-refractivity contribution is 6.32. The van der Waals surface area contributed by atoms with Gasteiger partial charge in [-0.1, -0.05) is 36.7 Å². The average Bonchev–Trinajstić information content (AvgIpc) is 3.23. The normalized spacial score (nSPS) is 13.1. The number of para-hydroxylation sites is 2. The van der Waals surface area contributed by atoms with E-state index < -0.39 is 5.41 Å². The summed E-state index contributed by atoms with van der Waals surface area (Å²) in [5, 5.41) is 0.360. The molecular weight excluding hydrogens is 414 g/mol. The van der Waals surface area contributed by atoms with Gasteiger partial charge in [0.05, 0.1) is 23.8 Å². The first-order chi connectivity index (χ1) is 15.1. The number of benzene rings is 1. The van der Waals surface area contributed by atoms with Gasteiger partial charge in [0.25, 0.3) is 0 Å². The van der Waals surface area contributed by atoms with Crippen molar-refractivity contribution in [1.82, 2.24) is 24.5 Å². The Morgan fingerprint density at radius 3 is 2.65 bits per heavy atom. The summed E-state index contributed by atoms with van der Waals surface area (Å²) in [4.78, 5) is 31.3. The summed E-state index contributed by atoms with van der Waals surface area (Å²) < 4.78 is 7.26. The SMILES string of the molecule is CCOC(=O)C(CC)(Cc1ccccn1)c1ncc(Cl)c(-n2cnc3ccccc32)n1. The number of ether oxygens (including phenoxy) is 1. The molecular formula is C23H22ClN5O2. The number of imidazole rings is 1. The van der Waals surface area contributed by atoms with Crippen molar-refractivity contribution in [1.29, 1.82) is 0 Å². The van der Waals surface area contributed by atoms with E-state index in [9.17, 15) is 4.79 Å². The van der Waals surface area contributed by atoms with Crippen molar-refractivity contribution in [2.75, 3.05) is 6.61 Å². The Morgan fingerprint density at radius 1 is 1.10 bits per heavy atom. The first kappa shape index (κ1) is 20.9. The molecule has 0 radical (unpaired) electrons. The van der Waals surface area contributed by atoms with Gasteiger partial charge in [-0.3, -0.25) is 14.3 Å². The number of esters is 1. The van der Waals surface area contributed by atoms with Crippen molar-refractivity contribution in [3.05, 3.63) is 77.7 Å². The molecule has 0 fully saturated rings. The van der Waals surface area contributed by atoms with E-state index in [0.29, 0.717) is 29.5 Å². The van der Waals surface area contributed by atoms with E-state index in [1.54, 1.807) is 24.0 Å². The first-order valence-electron chi connectivity index (χ1n) is 10.1. The van der Waals surface area contributed by atoms with Crippen LogP contribution < -0.4 is 0 Å². The van der Waals surface area contributed by atoms with Gasteiger partial charge >= 0.3 is 5.97 Å². The van der Waals surface area contributed by atoms with E-state index in [1.807, 2.05) is 49.4 Å². The van der Waals surface area contributed by atoms with Crippen LogP contribution in [0.5, 0.6) is 0 Å². The minimum atomic E-state index is -1.10. The van der Waals surface area contributed by atoms with E-state index in [2.05, 4.69) is 15.0 Å². The van der Waals surface area contributed by atoms with Crippen LogP contribution in [0.15, 0.2) is 61.2 Å². The Hall–Kier alpha value is -3.32. The largest absolute Gasteiger partial charge is 0.465 e. The van der Waals surface area contributed by atoms with Crippen LogP contribution in [0.4, 0.5) is 0 Å². The van der Waals surface area contributed by atoms with Crippen molar-refractivity contribution in [3.63, 3.8) is 0 Å². The fourth-order valence-corrected chi connectivity index (χ4v) is 3.82. The lowest BCUT2D eigenvalue weighted by Gasteiger charge is -2.29. The number of aromatic nitrogens is 5. The first-order valence-corrected chi connectivity index (χ1v) is 10.5. The van der Waals surface area contributed by atoms with Crippen molar-refractivity contribution in [2.24, 2.45) is 0 Å². The zero-order valence-corrected chi connectivity index (χ0v) is 18.1. The summed E-state index contributed by atoms with van der Waals surface area (Å²) in [5.41, 5.74) is 1.34. The molecule has 3 aromatic heterocycles. The third kappa shape index (κ3) is 3.88. The summed E-state index contributed by atoms with van der Waals surface area (Å²) in [6.07, 6.45) is 5.64. The lowest BCUT2D eigenvalue weighted by Crippen LogP contribution is -2.41. The molecule has 0 saturated carbocycles. The molecule has 158 valence electrons. The second kappa shape index (κ2) is 8.81. The van der Waals surface area contributed by atoms with Gasteiger partial charge in [-0.25, -0.2) is 15.0 Å². The molecule has 0 aliphatic rings. The van der Waals surface area contributed by atoms with Crippen molar-refractivity contribution >= 4 is 28.6 Å². The highest BCUT2D eigenvalue weighted by Crippen LogP contribution is 2.33. The molecule has 31 heavy (non-hydrogen) atoms. The lowest BCUT2D eigenvalue weighted by molar-refractivity contribution is -0.150. The monoisotopic (exact) mass is 435 g/mol. The third-order valence-corrected chi connectivity index (χ3v) is 5.58. The maximum Gasteiger partial charge on any atom is 0.320 e. The molecule has 0 aliphatic heterocycles. The molecule has 1 atom stereocenters. The predicted molar refractivity (Wildman–Crippen MR) is 118 cm³/mol. The van der Waals surface area contributed by atoms with E-state index >= 15 is 0 Å². The van der Waals surface area contributed by atoms with Gasteiger partial charge in [-0.2, -0.15) is 0 Å². The molecule has 8 heteroatoms. The van der Waals surface area contributed by atoms with Crippen LogP contribution >= 0.6 is 11.6 Å². The maximum absolute atomic E-state index is 13.2. The second-order valence-corrected chi connectivity index (χ2v) is 7.53. The van der Waals surface area contributed by atoms with Crippen LogP contribution in [0.2, 0.25) is 5.02 Å². The summed E-state index contributed by atoms with van der Waals surface area (Å²) in [6, 6.07) is 13.3. The molecule has 1 aromatic carbocycles. The Balaban J connectivity index is 1.87. The molecule has 0 saturated heterocycles. The smallest absolute Gasteiger partial charge is 0.320 e. The van der Waals surface area contributed by atoms with Crippen LogP contribution in [0, 0.1) is 0 Å². The van der Waals surface area contributed by atoms with E-state index in [0.717, 1.165) is 16.7 Å². The number of fused-ring (bicyclic) bond motifs is 1. The van der Waals surface area contributed by atoms with Gasteiger partial charge in [-0.05, 0) is 37.6 Å². The lowest BCUT2D eigenvalue weighted by atomic mass is 9.79. The number of halogens is 1. The zero-order valence-electron chi connectivity index (χ0n) is 17.3. The van der Waals surface area contributed by atoms with E-state index in [1.165, 1.54) is 6.20 Å². The zero-order chi connectivity index (χ0) is 21.8. The fraction of sp³-hybridized carbons (Fsp3) is 0.261. The molecule has 0 bridgehead atoms. The van der Waals surface area contributed by atoms with E-state index in [-0.39, 0.29) is 12.6 Å². The number of hydrogen-bond acceptors (Lipinski definition) is 6. The van der Waals surface area contributed by atoms with Crippen molar-refractivity contribution < 1.29 is 9.53 Å². The Morgan fingerprint density at radius 2 is 1.90 bits per heavy atom. The molecule has 1 unspecified atom stereocenters. The summed E-state index contributed by atoms with van der Waals surface area (Å²) in [5.74, 6) is 0.423. The number of hydrogen-bond donors (Lipinski definition) is 0. The van der Waals surface area contributed by atoms with Gasteiger partial charge in [-0.15, -0.1) is 0 Å². The predicted octanol–water partition coefficient (Wildman–Crippen LogP) is 4.32. The number of pyridine rings is 1.